The molecule has 0 unspecified atom stereocenters. The molecule has 1 aromatic heterocycles. The summed E-state index contributed by atoms with van der Waals surface area (Å²) < 4.78 is 1.76. The number of nitrogens with zero attached hydrogens (tertiary/aromatic N) is 3. The van der Waals surface area contributed by atoms with Gasteiger partial charge in [0, 0.05) is 17.8 Å². The molecule has 0 fully saturated rings. The van der Waals surface area contributed by atoms with Crippen molar-refractivity contribution >= 4 is 23.4 Å². The van der Waals surface area contributed by atoms with Gasteiger partial charge in [-0.3, -0.25) is 4.79 Å². The molecule has 4 aromatic rings. The maximum absolute atomic E-state index is 13.4. The van der Waals surface area contributed by atoms with Crippen molar-refractivity contribution in [2.45, 2.75) is 40.5 Å². The smallest absolute Gasteiger partial charge is 0.315 e. The minimum Gasteiger partial charge on any atom is -0.315 e. The summed E-state index contributed by atoms with van der Waals surface area (Å²) in [5, 5.41) is 10.8. The predicted molar refractivity (Wildman–Crippen MR) is 154 cm³/mol. The van der Waals surface area contributed by atoms with Gasteiger partial charge >= 0.3 is 6.03 Å². The Morgan fingerprint density at radius 3 is 2.18 bits per heavy atom. The van der Waals surface area contributed by atoms with E-state index in [4.69, 9.17) is 5.10 Å². The highest BCUT2D eigenvalue weighted by Crippen LogP contribution is 2.33. The molecule has 0 saturated carbocycles. The standard InChI is InChI=1S/C31H35N5O2/c1-5-20-35(31(38)32-26-16-14-24(6-2)15-17-26)21-28(37)33-30-29(25-10-8-7-9-11-25)23(4)34-36(30)27-18-12-22(3)13-19-27/h7-19H,5-6,20-21H2,1-4H3,(H,32,38)(H,33,37). The van der Waals surface area contributed by atoms with Gasteiger partial charge in [0.2, 0.25) is 5.91 Å². The molecule has 0 saturated heterocycles. The number of amides is 3. The number of rotatable bonds is 9. The number of carbonyl (C=O) groups excluding carboxylic acids is 2. The minimum absolute atomic E-state index is 0.0843. The fourth-order valence-corrected chi connectivity index (χ4v) is 4.36. The largest absolute Gasteiger partial charge is 0.322 e. The lowest BCUT2D eigenvalue weighted by Gasteiger charge is -2.22. The lowest BCUT2D eigenvalue weighted by molar-refractivity contribution is -0.116. The maximum atomic E-state index is 13.4. The predicted octanol–water partition coefficient (Wildman–Crippen LogP) is 6.60. The van der Waals surface area contributed by atoms with Gasteiger partial charge in [0.1, 0.15) is 12.4 Å². The van der Waals surface area contributed by atoms with Crippen LogP contribution in [0.25, 0.3) is 16.8 Å². The molecular formula is C31H35N5O2. The Kier molecular flexibility index (Phi) is 8.58. The van der Waals surface area contributed by atoms with E-state index in [9.17, 15) is 9.59 Å². The Bertz CT molecular complexity index is 1380. The third-order valence-electron chi connectivity index (χ3n) is 6.39. The molecule has 2 N–H and O–H groups in total. The van der Waals surface area contributed by atoms with Crippen LogP contribution >= 0.6 is 0 Å². The van der Waals surface area contributed by atoms with E-state index in [-0.39, 0.29) is 18.5 Å². The summed E-state index contributed by atoms with van der Waals surface area (Å²) in [7, 11) is 0. The van der Waals surface area contributed by atoms with E-state index >= 15 is 0 Å². The monoisotopic (exact) mass is 509 g/mol. The lowest BCUT2D eigenvalue weighted by Crippen LogP contribution is -2.41. The minimum atomic E-state index is -0.308. The second-order valence-corrected chi connectivity index (χ2v) is 9.37. The normalized spacial score (nSPS) is 10.7. The zero-order valence-electron chi connectivity index (χ0n) is 22.5. The van der Waals surface area contributed by atoms with E-state index in [1.54, 1.807) is 4.68 Å². The van der Waals surface area contributed by atoms with E-state index in [1.807, 2.05) is 99.6 Å². The first-order chi connectivity index (χ1) is 18.4. The summed E-state index contributed by atoms with van der Waals surface area (Å²) in [4.78, 5) is 28.0. The van der Waals surface area contributed by atoms with Crippen LogP contribution in [0.15, 0.2) is 78.9 Å². The van der Waals surface area contributed by atoms with Crippen molar-refractivity contribution in [3.05, 3.63) is 95.7 Å². The second-order valence-electron chi connectivity index (χ2n) is 9.37. The molecule has 0 atom stereocenters. The zero-order valence-corrected chi connectivity index (χ0v) is 22.5. The first-order valence-corrected chi connectivity index (χ1v) is 13.1. The summed E-state index contributed by atoms with van der Waals surface area (Å²) in [5.41, 5.74) is 6.48. The van der Waals surface area contributed by atoms with Crippen LogP contribution in [0.4, 0.5) is 16.3 Å². The molecule has 1 heterocycles. The first-order valence-electron chi connectivity index (χ1n) is 13.1. The number of anilines is 2. The Hall–Kier alpha value is -4.39. The molecule has 0 aliphatic rings. The van der Waals surface area contributed by atoms with Gasteiger partial charge in [-0.25, -0.2) is 9.48 Å². The van der Waals surface area contributed by atoms with Crippen molar-refractivity contribution in [3.63, 3.8) is 0 Å². The van der Waals surface area contributed by atoms with E-state index in [0.717, 1.165) is 40.9 Å². The van der Waals surface area contributed by atoms with E-state index in [1.165, 1.54) is 10.5 Å². The van der Waals surface area contributed by atoms with Crippen LogP contribution in [0.3, 0.4) is 0 Å². The molecular weight excluding hydrogens is 474 g/mol. The Balaban J connectivity index is 1.59. The lowest BCUT2D eigenvalue weighted by atomic mass is 10.1. The van der Waals surface area contributed by atoms with Gasteiger partial charge in [-0.15, -0.1) is 0 Å². The number of nitrogens with one attached hydrogen (secondary N) is 2. The highest BCUT2D eigenvalue weighted by Gasteiger charge is 2.22. The zero-order chi connectivity index (χ0) is 27.1. The molecule has 7 heteroatoms. The molecule has 7 nitrogen and oxygen atoms in total. The summed E-state index contributed by atoms with van der Waals surface area (Å²) in [6.45, 7) is 8.40. The number of hydrogen-bond donors (Lipinski definition) is 2. The molecule has 0 aliphatic carbocycles. The average Bonchev–Trinajstić information content (AvgIpc) is 3.24. The summed E-state index contributed by atoms with van der Waals surface area (Å²) >= 11 is 0. The van der Waals surface area contributed by atoms with Gasteiger partial charge in [-0.2, -0.15) is 5.10 Å². The topological polar surface area (TPSA) is 79.3 Å². The molecule has 4 rings (SSSR count). The first kappa shape index (κ1) is 26.7. The van der Waals surface area contributed by atoms with E-state index in [2.05, 4.69) is 17.6 Å². The maximum Gasteiger partial charge on any atom is 0.322 e. The fraction of sp³-hybridized carbons (Fsp3) is 0.258. The van der Waals surface area contributed by atoms with Gasteiger partial charge in [0.15, 0.2) is 0 Å². The van der Waals surface area contributed by atoms with Crippen molar-refractivity contribution < 1.29 is 9.59 Å². The molecule has 0 radical (unpaired) electrons. The molecule has 196 valence electrons. The number of urea groups is 1. The highest BCUT2D eigenvalue weighted by molar-refractivity contribution is 5.99. The number of benzene rings is 3. The van der Waals surface area contributed by atoms with Crippen LogP contribution in [0.1, 0.15) is 37.1 Å². The molecule has 38 heavy (non-hydrogen) atoms. The van der Waals surface area contributed by atoms with Crippen molar-refractivity contribution in [2.75, 3.05) is 23.7 Å². The average molecular weight is 510 g/mol. The summed E-state index contributed by atoms with van der Waals surface area (Å²) in [5.74, 6) is 0.287. The van der Waals surface area contributed by atoms with Crippen molar-refractivity contribution in [3.8, 4) is 16.8 Å². The van der Waals surface area contributed by atoms with Gasteiger partial charge in [0.25, 0.3) is 0 Å². The van der Waals surface area contributed by atoms with Crippen LogP contribution in [-0.2, 0) is 11.2 Å². The molecule has 0 bridgehead atoms. The number of hydrogen-bond acceptors (Lipinski definition) is 3. The van der Waals surface area contributed by atoms with Gasteiger partial charge in [-0.1, -0.05) is 74.0 Å². The van der Waals surface area contributed by atoms with Crippen LogP contribution in [0.2, 0.25) is 0 Å². The third kappa shape index (κ3) is 6.29. The number of aromatic nitrogens is 2. The molecule has 0 aliphatic heterocycles. The quantitative estimate of drug-likeness (QED) is 0.267. The Morgan fingerprint density at radius 1 is 0.868 bits per heavy atom. The van der Waals surface area contributed by atoms with Crippen LogP contribution < -0.4 is 10.6 Å². The second kappa shape index (κ2) is 12.2. The molecule has 3 amide bonds. The number of aryl methyl sites for hydroxylation is 3. The molecule has 0 spiro atoms. The number of carbonyl (C=O) groups is 2. The SMILES string of the molecule is CCCN(CC(=O)Nc1c(-c2ccccc2)c(C)nn1-c1ccc(C)cc1)C(=O)Nc1ccc(CC)cc1. The van der Waals surface area contributed by atoms with E-state index < -0.39 is 0 Å². The van der Waals surface area contributed by atoms with Gasteiger partial charge in [0.05, 0.1) is 11.4 Å². The Morgan fingerprint density at radius 2 is 1.55 bits per heavy atom. The van der Waals surface area contributed by atoms with Crippen LogP contribution in [0, 0.1) is 13.8 Å². The van der Waals surface area contributed by atoms with Gasteiger partial charge in [-0.05, 0) is 62.1 Å². The van der Waals surface area contributed by atoms with Crippen molar-refractivity contribution in [1.82, 2.24) is 14.7 Å². The van der Waals surface area contributed by atoms with E-state index in [0.29, 0.717) is 18.1 Å². The highest BCUT2D eigenvalue weighted by atomic mass is 16.2. The third-order valence-corrected chi connectivity index (χ3v) is 6.39. The van der Waals surface area contributed by atoms with Gasteiger partial charge < -0.3 is 15.5 Å². The van der Waals surface area contributed by atoms with Crippen LogP contribution in [-0.4, -0.2) is 39.7 Å². The van der Waals surface area contributed by atoms with Crippen molar-refractivity contribution in [2.24, 2.45) is 0 Å². The Labute approximate surface area is 224 Å². The van der Waals surface area contributed by atoms with Crippen molar-refractivity contribution in [1.29, 1.82) is 0 Å². The summed E-state index contributed by atoms with van der Waals surface area (Å²) in [6, 6.07) is 25.3. The van der Waals surface area contributed by atoms with Crippen LogP contribution in [0.5, 0.6) is 0 Å². The molecule has 3 aromatic carbocycles. The summed E-state index contributed by atoms with van der Waals surface area (Å²) in [6.07, 6.45) is 1.66. The fourth-order valence-electron chi connectivity index (χ4n) is 4.36.